The Kier molecular flexibility index (Phi) is 6.29. The minimum atomic E-state index is -0.314. The van der Waals surface area contributed by atoms with Gasteiger partial charge in [-0.3, -0.25) is 9.59 Å². The van der Waals surface area contributed by atoms with E-state index in [0.717, 1.165) is 48.3 Å². The van der Waals surface area contributed by atoms with Gasteiger partial charge in [-0.15, -0.1) is 0 Å². The number of nitrogens with zero attached hydrogens (tertiary/aromatic N) is 4. The standard InChI is InChI=1S/C20H30N4O3/c1-4-27-19(26)6-5-18(25)24-12-9-17-16(13-24)20(22-15(3)21-17)23-10-7-14(2)8-11-23/h14H,4-13H2,1-3H3. The molecule has 0 spiro atoms. The van der Waals surface area contributed by atoms with Crippen molar-refractivity contribution in [3.05, 3.63) is 17.1 Å². The Labute approximate surface area is 161 Å². The van der Waals surface area contributed by atoms with Gasteiger partial charge >= 0.3 is 5.97 Å². The van der Waals surface area contributed by atoms with E-state index >= 15 is 0 Å². The van der Waals surface area contributed by atoms with E-state index in [4.69, 9.17) is 9.72 Å². The number of ether oxygens (including phenoxy) is 1. The van der Waals surface area contributed by atoms with Crippen LogP contribution >= 0.6 is 0 Å². The maximum Gasteiger partial charge on any atom is 0.306 e. The molecule has 3 rings (SSSR count). The molecule has 1 saturated heterocycles. The second kappa shape index (κ2) is 8.67. The number of fused-ring (bicyclic) bond motifs is 1. The first kappa shape index (κ1) is 19.6. The van der Waals surface area contributed by atoms with Gasteiger partial charge in [0.25, 0.3) is 0 Å². The van der Waals surface area contributed by atoms with Crippen molar-refractivity contribution in [1.82, 2.24) is 14.9 Å². The Morgan fingerprint density at radius 3 is 2.59 bits per heavy atom. The summed E-state index contributed by atoms with van der Waals surface area (Å²) >= 11 is 0. The summed E-state index contributed by atoms with van der Waals surface area (Å²) in [7, 11) is 0. The topological polar surface area (TPSA) is 75.6 Å². The van der Waals surface area contributed by atoms with Crippen LogP contribution in [0.25, 0.3) is 0 Å². The zero-order valence-electron chi connectivity index (χ0n) is 16.7. The fourth-order valence-corrected chi connectivity index (χ4v) is 3.81. The largest absolute Gasteiger partial charge is 0.466 e. The monoisotopic (exact) mass is 374 g/mol. The molecule has 2 aliphatic rings. The third kappa shape index (κ3) is 4.76. The summed E-state index contributed by atoms with van der Waals surface area (Å²) in [5.41, 5.74) is 2.14. The Hall–Kier alpha value is -2.18. The first-order valence-corrected chi connectivity index (χ1v) is 10.0. The molecule has 0 aromatic carbocycles. The van der Waals surface area contributed by atoms with E-state index in [0.29, 0.717) is 19.7 Å². The van der Waals surface area contributed by atoms with E-state index < -0.39 is 0 Å². The predicted octanol–water partition coefficient (Wildman–Crippen LogP) is 2.25. The molecule has 1 amide bonds. The lowest BCUT2D eigenvalue weighted by Gasteiger charge is -2.36. The van der Waals surface area contributed by atoms with Crippen LogP contribution in [-0.2, 0) is 27.3 Å². The summed E-state index contributed by atoms with van der Waals surface area (Å²) in [4.78, 5) is 37.6. The van der Waals surface area contributed by atoms with Crippen LogP contribution in [-0.4, -0.2) is 53.0 Å². The molecule has 2 aliphatic heterocycles. The summed E-state index contributed by atoms with van der Waals surface area (Å²) in [6, 6.07) is 0. The van der Waals surface area contributed by atoms with E-state index in [9.17, 15) is 9.59 Å². The minimum Gasteiger partial charge on any atom is -0.466 e. The molecule has 0 unspecified atom stereocenters. The van der Waals surface area contributed by atoms with Gasteiger partial charge in [-0.2, -0.15) is 0 Å². The first-order valence-electron chi connectivity index (χ1n) is 10.0. The van der Waals surface area contributed by atoms with E-state index in [2.05, 4.69) is 16.8 Å². The average molecular weight is 374 g/mol. The number of amides is 1. The van der Waals surface area contributed by atoms with Gasteiger partial charge < -0.3 is 14.5 Å². The number of rotatable bonds is 5. The van der Waals surface area contributed by atoms with Crippen molar-refractivity contribution < 1.29 is 14.3 Å². The Bertz CT molecular complexity index is 699. The number of anilines is 1. The van der Waals surface area contributed by atoms with Crippen LogP contribution in [0.15, 0.2) is 0 Å². The van der Waals surface area contributed by atoms with Gasteiger partial charge in [-0.25, -0.2) is 9.97 Å². The molecule has 0 atom stereocenters. The SMILES string of the molecule is CCOC(=O)CCC(=O)N1CCc2nc(C)nc(N3CCC(C)CC3)c2C1. The zero-order chi connectivity index (χ0) is 19.4. The Morgan fingerprint density at radius 2 is 1.89 bits per heavy atom. The van der Waals surface area contributed by atoms with Crippen LogP contribution < -0.4 is 4.90 Å². The highest BCUT2D eigenvalue weighted by Gasteiger charge is 2.28. The molecule has 0 radical (unpaired) electrons. The summed E-state index contributed by atoms with van der Waals surface area (Å²) in [6.45, 7) is 9.52. The normalized spacial score (nSPS) is 17.6. The third-order valence-corrected chi connectivity index (χ3v) is 5.43. The molecule has 1 aromatic heterocycles. The lowest BCUT2D eigenvalue weighted by molar-refractivity contribution is -0.145. The average Bonchev–Trinajstić information content (AvgIpc) is 2.66. The van der Waals surface area contributed by atoms with Crippen molar-refractivity contribution >= 4 is 17.7 Å². The molecular formula is C20H30N4O3. The van der Waals surface area contributed by atoms with Crippen molar-refractivity contribution in [2.24, 2.45) is 5.92 Å². The zero-order valence-corrected chi connectivity index (χ0v) is 16.7. The molecule has 7 heteroatoms. The van der Waals surface area contributed by atoms with Gasteiger partial charge in [0.2, 0.25) is 5.91 Å². The van der Waals surface area contributed by atoms with Crippen molar-refractivity contribution in [3.8, 4) is 0 Å². The predicted molar refractivity (Wildman–Crippen MR) is 102 cm³/mol. The van der Waals surface area contributed by atoms with Crippen LogP contribution in [0.4, 0.5) is 5.82 Å². The van der Waals surface area contributed by atoms with Gasteiger partial charge in [0, 0.05) is 38.0 Å². The number of piperidine rings is 1. The van der Waals surface area contributed by atoms with Crippen molar-refractivity contribution in [3.63, 3.8) is 0 Å². The maximum atomic E-state index is 12.6. The summed E-state index contributed by atoms with van der Waals surface area (Å²) in [5, 5.41) is 0. The number of hydrogen-bond donors (Lipinski definition) is 0. The highest BCUT2D eigenvalue weighted by Crippen LogP contribution is 2.30. The molecule has 148 valence electrons. The summed E-state index contributed by atoms with van der Waals surface area (Å²) < 4.78 is 4.92. The highest BCUT2D eigenvalue weighted by atomic mass is 16.5. The quantitative estimate of drug-likeness (QED) is 0.736. The Morgan fingerprint density at radius 1 is 1.15 bits per heavy atom. The van der Waals surface area contributed by atoms with Crippen molar-refractivity contribution in [2.75, 3.05) is 31.1 Å². The van der Waals surface area contributed by atoms with E-state index in [1.807, 2.05) is 11.8 Å². The third-order valence-electron chi connectivity index (χ3n) is 5.43. The van der Waals surface area contributed by atoms with Crippen LogP contribution in [0.3, 0.4) is 0 Å². The first-order chi connectivity index (χ1) is 13.0. The summed E-state index contributed by atoms with van der Waals surface area (Å²) in [5.74, 6) is 2.22. The van der Waals surface area contributed by atoms with Gasteiger partial charge in [0.05, 0.1) is 25.3 Å². The van der Waals surface area contributed by atoms with E-state index in [-0.39, 0.29) is 24.7 Å². The second-order valence-electron chi connectivity index (χ2n) is 7.56. The smallest absolute Gasteiger partial charge is 0.306 e. The molecule has 1 fully saturated rings. The van der Waals surface area contributed by atoms with Gasteiger partial charge in [-0.05, 0) is 32.6 Å². The fraction of sp³-hybridized carbons (Fsp3) is 0.700. The Balaban J connectivity index is 1.72. The van der Waals surface area contributed by atoms with Gasteiger partial charge in [0.1, 0.15) is 11.6 Å². The van der Waals surface area contributed by atoms with Crippen LogP contribution in [0.1, 0.15) is 56.6 Å². The lowest BCUT2D eigenvalue weighted by atomic mass is 9.98. The fourth-order valence-electron chi connectivity index (χ4n) is 3.81. The van der Waals surface area contributed by atoms with E-state index in [1.54, 1.807) is 6.92 Å². The number of carbonyl (C=O) groups excluding carboxylic acids is 2. The second-order valence-corrected chi connectivity index (χ2v) is 7.56. The van der Waals surface area contributed by atoms with Crippen molar-refractivity contribution in [2.45, 2.75) is 59.4 Å². The number of aromatic nitrogens is 2. The van der Waals surface area contributed by atoms with Gasteiger partial charge in [-0.1, -0.05) is 6.92 Å². The van der Waals surface area contributed by atoms with Crippen molar-refractivity contribution in [1.29, 1.82) is 0 Å². The molecule has 27 heavy (non-hydrogen) atoms. The van der Waals surface area contributed by atoms with Crippen LogP contribution in [0, 0.1) is 12.8 Å². The molecular weight excluding hydrogens is 344 g/mol. The number of hydrogen-bond acceptors (Lipinski definition) is 6. The molecule has 0 N–H and O–H groups in total. The van der Waals surface area contributed by atoms with E-state index in [1.165, 1.54) is 12.8 Å². The highest BCUT2D eigenvalue weighted by molar-refractivity contribution is 5.81. The molecule has 1 aromatic rings. The molecule has 7 nitrogen and oxygen atoms in total. The molecule has 0 aliphatic carbocycles. The lowest BCUT2D eigenvalue weighted by Crippen LogP contribution is -2.40. The van der Waals surface area contributed by atoms with Crippen LogP contribution in [0.5, 0.6) is 0 Å². The number of aryl methyl sites for hydroxylation is 1. The number of carbonyl (C=O) groups is 2. The maximum absolute atomic E-state index is 12.6. The summed E-state index contributed by atoms with van der Waals surface area (Å²) in [6.07, 6.45) is 3.40. The molecule has 3 heterocycles. The van der Waals surface area contributed by atoms with Crippen LogP contribution in [0.2, 0.25) is 0 Å². The molecule has 0 bridgehead atoms. The van der Waals surface area contributed by atoms with Gasteiger partial charge in [0.15, 0.2) is 0 Å². The number of esters is 1. The minimum absolute atomic E-state index is 0.00695. The molecule has 0 saturated carbocycles.